The van der Waals surface area contributed by atoms with Gasteiger partial charge in [0, 0.05) is 0 Å². The lowest BCUT2D eigenvalue weighted by molar-refractivity contribution is -0.120. The van der Waals surface area contributed by atoms with Gasteiger partial charge in [0.1, 0.15) is 17.2 Å². The Morgan fingerprint density at radius 2 is 1.59 bits per heavy atom. The third kappa shape index (κ3) is 3.81. The van der Waals surface area contributed by atoms with E-state index in [1.165, 1.54) is 0 Å². The number of amides is 2. The van der Waals surface area contributed by atoms with Gasteiger partial charge in [-0.3, -0.25) is 9.59 Å². The number of methoxy groups -OCH3 is 2. The van der Waals surface area contributed by atoms with Crippen LogP contribution in [0.15, 0.2) is 72.4 Å². The highest BCUT2D eigenvalue weighted by atomic mass is 35.5. The number of aryl methyl sites for hydroxylation is 1. The predicted octanol–water partition coefficient (Wildman–Crippen LogP) is 5.06. The normalized spacial score (nSPS) is 13.6. The lowest BCUT2D eigenvalue weighted by Gasteiger charge is -2.17. The molecule has 1 aliphatic heterocycles. The molecule has 3 aromatic rings. The highest BCUT2D eigenvalue weighted by molar-refractivity contribution is 6.48. The van der Waals surface area contributed by atoms with Crippen LogP contribution in [0, 0.1) is 6.92 Å². The summed E-state index contributed by atoms with van der Waals surface area (Å²) in [4.78, 5) is 28.1. The van der Waals surface area contributed by atoms with Crippen molar-refractivity contribution in [2.75, 3.05) is 24.4 Å². The van der Waals surface area contributed by atoms with E-state index in [4.69, 9.17) is 21.1 Å². The molecule has 1 heterocycles. The summed E-state index contributed by atoms with van der Waals surface area (Å²) in [6, 6.07) is 19.3. The van der Waals surface area contributed by atoms with Crippen LogP contribution in [-0.4, -0.2) is 26.0 Å². The highest BCUT2D eigenvalue weighted by Crippen LogP contribution is 2.38. The van der Waals surface area contributed by atoms with Crippen molar-refractivity contribution in [2.24, 2.45) is 0 Å². The molecule has 4 rings (SSSR count). The van der Waals surface area contributed by atoms with Crippen LogP contribution in [0.3, 0.4) is 0 Å². The van der Waals surface area contributed by atoms with Crippen molar-refractivity contribution in [3.63, 3.8) is 0 Å². The van der Waals surface area contributed by atoms with Gasteiger partial charge in [-0.1, -0.05) is 41.9 Å². The number of carbonyl (C=O) groups is 2. The quantitative estimate of drug-likeness (QED) is 0.534. The molecule has 162 valence electrons. The molecule has 0 aromatic heterocycles. The Bertz CT molecular complexity index is 1230. The summed E-state index contributed by atoms with van der Waals surface area (Å²) in [5.74, 6) is 0.220. The van der Waals surface area contributed by atoms with E-state index in [1.807, 2.05) is 19.1 Å². The Morgan fingerprint density at radius 3 is 2.25 bits per heavy atom. The van der Waals surface area contributed by atoms with Gasteiger partial charge < -0.3 is 14.8 Å². The number of ether oxygens (including phenoxy) is 2. The van der Waals surface area contributed by atoms with Gasteiger partial charge in [-0.15, -0.1) is 0 Å². The Kier molecular flexibility index (Phi) is 5.88. The van der Waals surface area contributed by atoms with E-state index in [9.17, 15) is 9.59 Å². The van der Waals surface area contributed by atoms with E-state index in [2.05, 4.69) is 5.32 Å². The fourth-order valence-corrected chi connectivity index (χ4v) is 3.80. The molecule has 0 aliphatic carbocycles. The van der Waals surface area contributed by atoms with E-state index in [-0.39, 0.29) is 11.3 Å². The number of rotatable bonds is 6. The second-order valence-corrected chi connectivity index (χ2v) is 7.61. The molecule has 0 radical (unpaired) electrons. The number of imide groups is 1. The maximum Gasteiger partial charge on any atom is 0.282 e. The maximum atomic E-state index is 13.5. The lowest BCUT2D eigenvalue weighted by Crippen LogP contribution is -2.32. The van der Waals surface area contributed by atoms with Crippen molar-refractivity contribution < 1.29 is 19.1 Å². The molecule has 0 fully saturated rings. The summed E-state index contributed by atoms with van der Waals surface area (Å²) in [5, 5.41) is 3.45. The van der Waals surface area contributed by atoms with Gasteiger partial charge in [0.25, 0.3) is 11.8 Å². The van der Waals surface area contributed by atoms with Gasteiger partial charge in [-0.2, -0.15) is 0 Å². The van der Waals surface area contributed by atoms with Crippen molar-refractivity contribution in [3.05, 3.63) is 88.6 Å². The van der Waals surface area contributed by atoms with Gasteiger partial charge in [0.05, 0.1) is 36.2 Å². The monoisotopic (exact) mass is 448 g/mol. The third-order valence-electron chi connectivity index (χ3n) is 5.17. The van der Waals surface area contributed by atoms with Gasteiger partial charge >= 0.3 is 0 Å². The molecule has 0 spiro atoms. The molecule has 2 amide bonds. The summed E-state index contributed by atoms with van der Waals surface area (Å²) < 4.78 is 10.7. The first-order valence-corrected chi connectivity index (χ1v) is 10.3. The number of hydrogen-bond donors (Lipinski definition) is 1. The summed E-state index contributed by atoms with van der Waals surface area (Å²) in [6.45, 7) is 1.93. The molecule has 0 saturated carbocycles. The molecule has 0 saturated heterocycles. The lowest BCUT2D eigenvalue weighted by atomic mass is 10.0. The molecular weight excluding hydrogens is 428 g/mol. The Balaban J connectivity index is 1.86. The number of halogens is 1. The minimum atomic E-state index is -0.502. The van der Waals surface area contributed by atoms with Crippen molar-refractivity contribution in [3.8, 4) is 11.5 Å². The first-order chi connectivity index (χ1) is 15.4. The average Bonchev–Trinajstić information content (AvgIpc) is 3.04. The van der Waals surface area contributed by atoms with E-state index < -0.39 is 11.8 Å². The number of hydrogen-bond acceptors (Lipinski definition) is 5. The van der Waals surface area contributed by atoms with E-state index >= 15 is 0 Å². The first-order valence-electron chi connectivity index (χ1n) is 9.88. The average molecular weight is 449 g/mol. The Hall–Kier alpha value is -3.77. The van der Waals surface area contributed by atoms with E-state index in [0.717, 1.165) is 10.5 Å². The second kappa shape index (κ2) is 8.77. The van der Waals surface area contributed by atoms with Crippen LogP contribution < -0.4 is 19.7 Å². The van der Waals surface area contributed by atoms with Crippen LogP contribution >= 0.6 is 11.6 Å². The van der Waals surface area contributed by atoms with Crippen LogP contribution in [0.5, 0.6) is 11.5 Å². The van der Waals surface area contributed by atoms with Crippen LogP contribution in [0.1, 0.15) is 11.1 Å². The highest BCUT2D eigenvalue weighted by Gasteiger charge is 2.41. The minimum Gasteiger partial charge on any atom is -0.497 e. The zero-order valence-electron chi connectivity index (χ0n) is 17.8. The number of para-hydroxylation sites is 1. The summed E-state index contributed by atoms with van der Waals surface area (Å²) in [5.41, 5.74) is 2.83. The van der Waals surface area contributed by atoms with Crippen molar-refractivity contribution in [1.82, 2.24) is 0 Å². The Morgan fingerprint density at radius 1 is 0.875 bits per heavy atom. The molecule has 32 heavy (non-hydrogen) atoms. The van der Waals surface area contributed by atoms with Gasteiger partial charge in [-0.25, -0.2) is 4.90 Å². The van der Waals surface area contributed by atoms with Crippen molar-refractivity contribution in [1.29, 1.82) is 0 Å². The van der Waals surface area contributed by atoms with Crippen LogP contribution in [0.2, 0.25) is 5.02 Å². The van der Waals surface area contributed by atoms with Gasteiger partial charge in [0.15, 0.2) is 0 Å². The first kappa shape index (κ1) is 21.5. The van der Waals surface area contributed by atoms with Crippen LogP contribution in [-0.2, 0) is 9.59 Å². The van der Waals surface area contributed by atoms with Gasteiger partial charge in [0.2, 0.25) is 0 Å². The summed E-state index contributed by atoms with van der Waals surface area (Å²) in [7, 11) is 3.11. The Labute approximate surface area is 191 Å². The number of carbonyl (C=O) groups excluding carboxylic acids is 2. The molecule has 0 atom stereocenters. The number of anilines is 2. The molecular formula is C25H21ClN2O4. The smallest absolute Gasteiger partial charge is 0.282 e. The van der Waals surface area contributed by atoms with Crippen LogP contribution in [0.25, 0.3) is 5.57 Å². The fourth-order valence-electron chi connectivity index (χ4n) is 3.58. The number of nitrogens with zero attached hydrogens (tertiary/aromatic N) is 1. The molecule has 0 bridgehead atoms. The molecule has 1 N–H and O–H groups in total. The predicted molar refractivity (Wildman–Crippen MR) is 125 cm³/mol. The van der Waals surface area contributed by atoms with Crippen molar-refractivity contribution in [2.45, 2.75) is 6.92 Å². The maximum absolute atomic E-state index is 13.5. The van der Waals surface area contributed by atoms with E-state index in [0.29, 0.717) is 33.5 Å². The van der Waals surface area contributed by atoms with Crippen molar-refractivity contribution >= 4 is 40.4 Å². The largest absolute Gasteiger partial charge is 0.497 e. The second-order valence-electron chi connectivity index (χ2n) is 7.20. The SMILES string of the molecule is COc1ccc(C2=C(Nc3cc(C)ccc3OC)C(=O)N(c3ccccc3Cl)C2=O)cc1. The van der Waals surface area contributed by atoms with Crippen LogP contribution in [0.4, 0.5) is 11.4 Å². The summed E-state index contributed by atoms with van der Waals surface area (Å²) >= 11 is 6.32. The standard InChI is InChI=1S/C25H21ClN2O4/c1-15-8-13-21(32-3)19(14-15)27-23-22(16-9-11-17(31-2)12-10-16)24(29)28(25(23)30)20-7-5-4-6-18(20)26/h4-14,27H,1-3H3. The zero-order chi connectivity index (χ0) is 22.8. The fraction of sp³-hybridized carbons (Fsp3) is 0.120. The zero-order valence-corrected chi connectivity index (χ0v) is 18.6. The molecule has 0 unspecified atom stereocenters. The topological polar surface area (TPSA) is 67.9 Å². The molecule has 6 nitrogen and oxygen atoms in total. The molecule has 3 aromatic carbocycles. The summed E-state index contributed by atoms with van der Waals surface area (Å²) in [6.07, 6.45) is 0. The third-order valence-corrected chi connectivity index (χ3v) is 5.49. The number of nitrogens with one attached hydrogen (secondary N) is 1. The molecule has 1 aliphatic rings. The molecule has 7 heteroatoms. The van der Waals surface area contributed by atoms with Gasteiger partial charge in [-0.05, 0) is 54.4 Å². The number of benzene rings is 3. The minimum absolute atomic E-state index is 0.143. The van der Waals surface area contributed by atoms with E-state index in [1.54, 1.807) is 68.8 Å².